The third kappa shape index (κ3) is 5.72. The first-order valence-corrected chi connectivity index (χ1v) is 10.1. The first kappa shape index (κ1) is 21.3. The molecule has 0 aliphatic carbocycles. The summed E-state index contributed by atoms with van der Waals surface area (Å²) < 4.78 is 55.7. The fraction of sp³-hybridized carbons (Fsp3) is 0.368. The van der Waals surface area contributed by atoms with Gasteiger partial charge < -0.3 is 10.1 Å². The van der Waals surface area contributed by atoms with Crippen LogP contribution in [0, 0.1) is 0 Å². The molecule has 27 heavy (non-hydrogen) atoms. The van der Waals surface area contributed by atoms with Crippen molar-refractivity contribution in [3.8, 4) is 5.75 Å². The second-order valence-electron chi connectivity index (χ2n) is 5.82. The van der Waals surface area contributed by atoms with Crippen molar-refractivity contribution in [2.45, 2.75) is 38.4 Å². The quantitative estimate of drug-likeness (QED) is 0.664. The lowest BCUT2D eigenvalue weighted by atomic mass is 10.2. The molecule has 2 aromatic rings. The SMILES string of the molecule is CCN(CC)S(=O)(=O)c1ccc(CNCc2ccccc2OC(F)F)cc1. The predicted octanol–water partition coefficient (Wildman–Crippen LogP) is 3.61. The molecule has 2 aromatic carbocycles. The van der Waals surface area contributed by atoms with E-state index in [1.54, 1.807) is 56.3 Å². The Labute approximate surface area is 159 Å². The summed E-state index contributed by atoms with van der Waals surface area (Å²) in [5.74, 6) is 0.140. The molecule has 8 heteroatoms. The number of para-hydroxylation sites is 1. The molecule has 5 nitrogen and oxygen atoms in total. The summed E-state index contributed by atoms with van der Waals surface area (Å²) >= 11 is 0. The number of sulfonamides is 1. The van der Waals surface area contributed by atoms with Crippen LogP contribution in [-0.2, 0) is 23.1 Å². The zero-order valence-corrected chi connectivity index (χ0v) is 16.2. The molecule has 2 rings (SSSR count). The first-order chi connectivity index (χ1) is 12.9. The van der Waals surface area contributed by atoms with Gasteiger partial charge in [-0.2, -0.15) is 13.1 Å². The third-order valence-corrected chi connectivity index (χ3v) is 6.16. The molecule has 0 bridgehead atoms. The van der Waals surface area contributed by atoms with Crippen LogP contribution in [0.5, 0.6) is 5.75 Å². The highest BCUT2D eigenvalue weighted by atomic mass is 32.2. The molecule has 1 N–H and O–H groups in total. The van der Waals surface area contributed by atoms with Crippen LogP contribution < -0.4 is 10.1 Å². The maximum absolute atomic E-state index is 12.5. The van der Waals surface area contributed by atoms with Gasteiger partial charge in [0, 0.05) is 31.7 Å². The molecule has 0 fully saturated rings. The Bertz CT molecular complexity index is 823. The van der Waals surface area contributed by atoms with Crippen LogP contribution >= 0.6 is 0 Å². The highest BCUT2D eigenvalue weighted by Gasteiger charge is 2.21. The summed E-state index contributed by atoms with van der Waals surface area (Å²) in [4.78, 5) is 0.255. The first-order valence-electron chi connectivity index (χ1n) is 8.71. The summed E-state index contributed by atoms with van der Waals surface area (Å²) in [5.41, 5.74) is 1.51. The minimum Gasteiger partial charge on any atom is -0.434 e. The molecule has 148 valence electrons. The van der Waals surface area contributed by atoms with Gasteiger partial charge in [-0.25, -0.2) is 8.42 Å². The minimum atomic E-state index is -3.47. The van der Waals surface area contributed by atoms with Gasteiger partial charge in [0.1, 0.15) is 5.75 Å². The van der Waals surface area contributed by atoms with Crippen molar-refractivity contribution < 1.29 is 21.9 Å². The number of halogens is 2. The van der Waals surface area contributed by atoms with Gasteiger partial charge in [-0.3, -0.25) is 0 Å². The maximum atomic E-state index is 12.5. The van der Waals surface area contributed by atoms with Gasteiger partial charge in [-0.15, -0.1) is 0 Å². The van der Waals surface area contributed by atoms with Crippen molar-refractivity contribution in [2.24, 2.45) is 0 Å². The van der Waals surface area contributed by atoms with Crippen molar-refractivity contribution in [3.05, 3.63) is 59.7 Å². The largest absolute Gasteiger partial charge is 0.434 e. The van der Waals surface area contributed by atoms with Crippen LogP contribution in [-0.4, -0.2) is 32.4 Å². The van der Waals surface area contributed by atoms with Crippen LogP contribution in [0.3, 0.4) is 0 Å². The predicted molar refractivity (Wildman–Crippen MR) is 100 cm³/mol. The number of nitrogens with one attached hydrogen (secondary N) is 1. The summed E-state index contributed by atoms with van der Waals surface area (Å²) in [5, 5.41) is 3.15. The molecular weight excluding hydrogens is 374 g/mol. The summed E-state index contributed by atoms with van der Waals surface area (Å²) in [6, 6.07) is 13.2. The zero-order chi connectivity index (χ0) is 19.9. The van der Waals surface area contributed by atoms with Gasteiger partial charge in [0.25, 0.3) is 0 Å². The van der Waals surface area contributed by atoms with E-state index in [9.17, 15) is 17.2 Å². The Morgan fingerprint density at radius 3 is 2.22 bits per heavy atom. The molecule has 0 saturated heterocycles. The molecule has 0 atom stereocenters. The third-order valence-electron chi connectivity index (χ3n) is 4.10. The highest BCUT2D eigenvalue weighted by molar-refractivity contribution is 7.89. The molecule has 0 spiro atoms. The lowest BCUT2D eigenvalue weighted by molar-refractivity contribution is -0.0505. The van der Waals surface area contributed by atoms with E-state index in [0.717, 1.165) is 5.56 Å². The fourth-order valence-electron chi connectivity index (χ4n) is 2.69. The number of nitrogens with zero attached hydrogens (tertiary/aromatic N) is 1. The van der Waals surface area contributed by atoms with Crippen LogP contribution in [0.1, 0.15) is 25.0 Å². The second kappa shape index (κ2) is 9.77. The molecule has 0 aliphatic heterocycles. The smallest absolute Gasteiger partial charge is 0.387 e. The highest BCUT2D eigenvalue weighted by Crippen LogP contribution is 2.20. The zero-order valence-electron chi connectivity index (χ0n) is 15.4. The average molecular weight is 398 g/mol. The lowest BCUT2D eigenvalue weighted by Crippen LogP contribution is -2.30. The van der Waals surface area contributed by atoms with Gasteiger partial charge in [0.2, 0.25) is 10.0 Å². The maximum Gasteiger partial charge on any atom is 0.387 e. The number of benzene rings is 2. The van der Waals surface area contributed by atoms with Gasteiger partial charge in [0.05, 0.1) is 4.90 Å². The number of alkyl halides is 2. The van der Waals surface area contributed by atoms with Crippen molar-refractivity contribution in [2.75, 3.05) is 13.1 Å². The lowest BCUT2D eigenvalue weighted by Gasteiger charge is -2.18. The van der Waals surface area contributed by atoms with Gasteiger partial charge in [-0.05, 0) is 23.8 Å². The average Bonchev–Trinajstić information content (AvgIpc) is 2.64. The van der Waals surface area contributed by atoms with Crippen LogP contribution in [0.15, 0.2) is 53.4 Å². The number of hydrogen-bond acceptors (Lipinski definition) is 4. The molecule has 0 saturated carbocycles. The van der Waals surface area contributed by atoms with E-state index in [1.165, 1.54) is 10.4 Å². The van der Waals surface area contributed by atoms with Crippen LogP contribution in [0.25, 0.3) is 0 Å². The standard InChI is InChI=1S/C19H24F2N2O3S/c1-3-23(4-2)27(24,25)17-11-9-15(10-12-17)13-22-14-16-7-5-6-8-18(16)26-19(20)21/h5-12,19,22H,3-4,13-14H2,1-2H3. The topological polar surface area (TPSA) is 58.6 Å². The summed E-state index contributed by atoms with van der Waals surface area (Å²) in [6.45, 7) is 2.39. The normalized spacial score (nSPS) is 11.9. The Morgan fingerprint density at radius 1 is 1.00 bits per heavy atom. The molecule has 0 aromatic heterocycles. The van der Waals surface area contributed by atoms with E-state index >= 15 is 0 Å². The van der Waals surface area contributed by atoms with E-state index in [1.807, 2.05) is 0 Å². The number of hydrogen-bond donors (Lipinski definition) is 1. The van der Waals surface area contributed by atoms with Crippen molar-refractivity contribution in [1.82, 2.24) is 9.62 Å². The van der Waals surface area contributed by atoms with Crippen LogP contribution in [0.2, 0.25) is 0 Å². The Kier molecular flexibility index (Phi) is 7.70. The molecular formula is C19H24F2N2O3S. The van der Waals surface area contributed by atoms with Gasteiger partial charge in [-0.1, -0.05) is 44.2 Å². The van der Waals surface area contributed by atoms with Crippen molar-refractivity contribution >= 4 is 10.0 Å². The molecule has 0 radical (unpaired) electrons. The fourth-order valence-corrected chi connectivity index (χ4v) is 4.15. The summed E-state index contributed by atoms with van der Waals surface area (Å²) in [6.07, 6.45) is 0. The van der Waals surface area contributed by atoms with Crippen molar-refractivity contribution in [1.29, 1.82) is 0 Å². The molecule has 0 unspecified atom stereocenters. The summed E-state index contributed by atoms with van der Waals surface area (Å²) in [7, 11) is -3.47. The molecule has 0 amide bonds. The van der Waals surface area contributed by atoms with E-state index in [-0.39, 0.29) is 10.6 Å². The minimum absolute atomic E-state index is 0.140. The Balaban J connectivity index is 1.99. The monoisotopic (exact) mass is 398 g/mol. The van der Waals surface area contributed by atoms with E-state index in [0.29, 0.717) is 31.7 Å². The molecule has 0 aliphatic rings. The van der Waals surface area contributed by atoms with E-state index in [4.69, 9.17) is 0 Å². The Hall–Kier alpha value is -2.03. The van der Waals surface area contributed by atoms with Crippen LogP contribution in [0.4, 0.5) is 8.78 Å². The van der Waals surface area contributed by atoms with E-state index in [2.05, 4.69) is 10.1 Å². The van der Waals surface area contributed by atoms with Gasteiger partial charge in [0.15, 0.2) is 0 Å². The van der Waals surface area contributed by atoms with Crippen molar-refractivity contribution in [3.63, 3.8) is 0 Å². The van der Waals surface area contributed by atoms with Gasteiger partial charge >= 0.3 is 6.61 Å². The second-order valence-corrected chi connectivity index (χ2v) is 7.76. The Morgan fingerprint density at radius 2 is 1.63 bits per heavy atom. The molecule has 0 heterocycles. The van der Waals surface area contributed by atoms with E-state index < -0.39 is 16.6 Å². The number of ether oxygens (including phenoxy) is 1. The number of rotatable bonds is 10.